The molecule has 1 unspecified atom stereocenters. The maximum absolute atomic E-state index is 13.1. The number of hydrogen-bond acceptors (Lipinski definition) is 6. The average molecular weight is 377 g/mol. The highest BCUT2D eigenvalue weighted by Crippen LogP contribution is 2.31. The normalized spacial score (nSPS) is 14.2. The molecule has 2 heterocycles. The zero-order valence-corrected chi connectivity index (χ0v) is 16.3. The third kappa shape index (κ3) is 3.62. The van der Waals surface area contributed by atoms with Crippen LogP contribution in [0.5, 0.6) is 0 Å². The van der Waals surface area contributed by atoms with Gasteiger partial charge in [0.15, 0.2) is 5.16 Å². The predicted octanol–water partition coefficient (Wildman–Crippen LogP) is 3.15. The highest BCUT2D eigenvalue weighted by atomic mass is 32.2. The van der Waals surface area contributed by atoms with E-state index in [0.29, 0.717) is 10.1 Å². The number of carbonyl (C=O) groups is 1. The van der Waals surface area contributed by atoms with Crippen LogP contribution in [0.1, 0.15) is 23.7 Å². The Labute approximate surface area is 155 Å². The number of aryl methyl sites for hydroxylation is 3. The summed E-state index contributed by atoms with van der Waals surface area (Å²) in [6.07, 6.45) is 0.781. The Hall–Kier alpha value is -1.73. The molecule has 0 radical (unpaired) electrons. The average Bonchev–Trinajstić information content (AvgIpc) is 3.02. The quantitative estimate of drug-likeness (QED) is 0.464. The van der Waals surface area contributed by atoms with Gasteiger partial charge in [-0.15, -0.1) is 11.8 Å². The Morgan fingerprint density at radius 3 is 2.64 bits per heavy atom. The van der Waals surface area contributed by atoms with Crippen molar-refractivity contribution < 1.29 is 9.53 Å². The molecule has 25 heavy (non-hydrogen) atoms. The van der Waals surface area contributed by atoms with Crippen molar-refractivity contribution in [2.45, 2.75) is 42.5 Å². The monoisotopic (exact) mass is 376 g/mol. The molecule has 132 valence electrons. The number of ether oxygens (including phenoxy) is 1. The van der Waals surface area contributed by atoms with E-state index in [4.69, 9.17) is 9.72 Å². The van der Waals surface area contributed by atoms with Gasteiger partial charge in [0.2, 0.25) is 0 Å². The van der Waals surface area contributed by atoms with Crippen molar-refractivity contribution in [2.75, 3.05) is 12.9 Å². The minimum absolute atomic E-state index is 0.0583. The number of carbonyl (C=O) groups excluding carboxylic acids is 1. The SMILES string of the molecule is COC(=O)C(C)Sc1nc2c(c(=O)n1-c1cc(C)cc(C)c1)SCC2. The summed E-state index contributed by atoms with van der Waals surface area (Å²) in [5, 5.41) is 0.0929. The Kier molecular flexibility index (Phi) is 5.24. The number of benzene rings is 1. The van der Waals surface area contributed by atoms with Gasteiger partial charge in [0.25, 0.3) is 5.56 Å². The lowest BCUT2D eigenvalue weighted by Gasteiger charge is -2.16. The second-order valence-electron chi connectivity index (χ2n) is 6.04. The van der Waals surface area contributed by atoms with Gasteiger partial charge < -0.3 is 4.74 Å². The molecular formula is C18H20N2O3S2. The number of methoxy groups -OCH3 is 1. The fourth-order valence-electron chi connectivity index (χ4n) is 2.85. The summed E-state index contributed by atoms with van der Waals surface area (Å²) in [5.74, 6) is 0.534. The third-order valence-corrected chi connectivity index (χ3v) is 6.08. The van der Waals surface area contributed by atoms with Crippen LogP contribution in [0.2, 0.25) is 0 Å². The fraction of sp³-hybridized carbons (Fsp3) is 0.389. The largest absolute Gasteiger partial charge is 0.468 e. The first-order valence-corrected chi connectivity index (χ1v) is 9.89. The molecule has 0 amide bonds. The van der Waals surface area contributed by atoms with Crippen molar-refractivity contribution in [3.63, 3.8) is 0 Å². The topological polar surface area (TPSA) is 61.2 Å². The molecule has 1 aliphatic heterocycles. The van der Waals surface area contributed by atoms with E-state index in [9.17, 15) is 9.59 Å². The number of fused-ring (bicyclic) bond motifs is 1. The maximum Gasteiger partial charge on any atom is 0.318 e. The first kappa shape index (κ1) is 18.1. The van der Waals surface area contributed by atoms with Crippen LogP contribution in [0.25, 0.3) is 5.69 Å². The van der Waals surface area contributed by atoms with Gasteiger partial charge in [0, 0.05) is 12.2 Å². The molecule has 1 atom stereocenters. The molecule has 0 fully saturated rings. The maximum atomic E-state index is 13.1. The van der Waals surface area contributed by atoms with Crippen molar-refractivity contribution in [2.24, 2.45) is 0 Å². The van der Waals surface area contributed by atoms with Gasteiger partial charge in [-0.25, -0.2) is 4.98 Å². The summed E-state index contributed by atoms with van der Waals surface area (Å²) in [7, 11) is 1.36. The van der Waals surface area contributed by atoms with Crippen LogP contribution in [0.3, 0.4) is 0 Å². The lowest BCUT2D eigenvalue weighted by Crippen LogP contribution is -2.25. The van der Waals surface area contributed by atoms with Crippen molar-refractivity contribution in [3.8, 4) is 5.69 Å². The third-order valence-electron chi connectivity index (χ3n) is 3.95. The van der Waals surface area contributed by atoms with Gasteiger partial charge in [0.1, 0.15) is 5.25 Å². The van der Waals surface area contributed by atoms with Crippen molar-refractivity contribution >= 4 is 29.5 Å². The molecule has 7 heteroatoms. The van der Waals surface area contributed by atoms with Crippen LogP contribution in [0.4, 0.5) is 0 Å². The lowest BCUT2D eigenvalue weighted by atomic mass is 10.1. The molecule has 1 aliphatic rings. The van der Waals surface area contributed by atoms with Gasteiger partial charge in [-0.3, -0.25) is 14.2 Å². The fourth-order valence-corrected chi connectivity index (χ4v) is 4.84. The zero-order chi connectivity index (χ0) is 18.1. The summed E-state index contributed by atoms with van der Waals surface area (Å²) in [5.41, 5.74) is 3.70. The van der Waals surface area contributed by atoms with Gasteiger partial charge in [0.05, 0.1) is 23.4 Å². The summed E-state index contributed by atoms with van der Waals surface area (Å²) in [6, 6.07) is 6.00. The number of nitrogens with zero attached hydrogens (tertiary/aromatic N) is 2. The lowest BCUT2D eigenvalue weighted by molar-refractivity contribution is -0.139. The molecule has 0 spiro atoms. The second-order valence-corrected chi connectivity index (χ2v) is 8.45. The number of esters is 1. The van der Waals surface area contributed by atoms with E-state index < -0.39 is 5.25 Å². The van der Waals surface area contributed by atoms with Gasteiger partial charge in [-0.05, 0) is 44.0 Å². The zero-order valence-electron chi connectivity index (χ0n) is 14.7. The van der Waals surface area contributed by atoms with Crippen LogP contribution in [-0.4, -0.2) is 33.6 Å². The van der Waals surface area contributed by atoms with Crippen LogP contribution >= 0.6 is 23.5 Å². The summed E-state index contributed by atoms with van der Waals surface area (Å²) in [6.45, 7) is 5.76. The Morgan fingerprint density at radius 2 is 2.00 bits per heavy atom. The van der Waals surface area contributed by atoms with Gasteiger partial charge in [-0.2, -0.15) is 0 Å². The van der Waals surface area contributed by atoms with E-state index in [1.54, 1.807) is 23.3 Å². The standard InChI is InChI=1S/C18H20N2O3S2/c1-10-7-11(2)9-13(8-10)20-16(21)15-14(5-6-24-15)19-18(20)25-12(3)17(22)23-4/h7-9,12H,5-6H2,1-4H3. The Balaban J connectivity index is 2.18. The molecule has 0 saturated carbocycles. The van der Waals surface area contributed by atoms with E-state index >= 15 is 0 Å². The molecular weight excluding hydrogens is 356 g/mol. The summed E-state index contributed by atoms with van der Waals surface area (Å²) in [4.78, 5) is 30.3. The van der Waals surface area contributed by atoms with Crippen molar-refractivity contribution in [1.82, 2.24) is 9.55 Å². The van der Waals surface area contributed by atoms with Gasteiger partial charge in [-0.1, -0.05) is 17.8 Å². The van der Waals surface area contributed by atoms with Crippen LogP contribution in [-0.2, 0) is 16.0 Å². The predicted molar refractivity (Wildman–Crippen MR) is 101 cm³/mol. The minimum atomic E-state index is -0.443. The highest BCUT2D eigenvalue weighted by molar-refractivity contribution is 8.00. The van der Waals surface area contributed by atoms with Crippen molar-refractivity contribution in [3.05, 3.63) is 45.4 Å². The van der Waals surface area contributed by atoms with E-state index in [-0.39, 0.29) is 11.5 Å². The molecule has 0 N–H and O–H groups in total. The number of aromatic nitrogens is 2. The first-order chi connectivity index (χ1) is 11.9. The minimum Gasteiger partial charge on any atom is -0.468 e. The smallest absolute Gasteiger partial charge is 0.318 e. The summed E-state index contributed by atoms with van der Waals surface area (Å²) < 4.78 is 6.44. The molecule has 0 bridgehead atoms. The molecule has 0 saturated heterocycles. The molecule has 1 aromatic heterocycles. The summed E-state index contributed by atoms with van der Waals surface area (Å²) >= 11 is 2.81. The van der Waals surface area contributed by atoms with E-state index in [0.717, 1.165) is 34.7 Å². The van der Waals surface area contributed by atoms with Crippen LogP contribution in [0, 0.1) is 13.8 Å². The number of hydrogen-bond donors (Lipinski definition) is 0. The molecule has 0 aliphatic carbocycles. The van der Waals surface area contributed by atoms with E-state index in [2.05, 4.69) is 6.07 Å². The Bertz CT molecular complexity index is 872. The van der Waals surface area contributed by atoms with E-state index in [1.165, 1.54) is 18.9 Å². The van der Waals surface area contributed by atoms with Crippen LogP contribution < -0.4 is 5.56 Å². The first-order valence-electron chi connectivity index (χ1n) is 8.02. The molecule has 1 aromatic carbocycles. The van der Waals surface area contributed by atoms with Crippen molar-refractivity contribution in [1.29, 1.82) is 0 Å². The highest BCUT2D eigenvalue weighted by Gasteiger charge is 2.25. The van der Waals surface area contributed by atoms with E-state index in [1.807, 2.05) is 26.0 Å². The number of rotatable bonds is 4. The van der Waals surface area contributed by atoms with Gasteiger partial charge >= 0.3 is 5.97 Å². The number of thioether (sulfide) groups is 2. The molecule has 5 nitrogen and oxygen atoms in total. The molecule has 2 aromatic rings. The Morgan fingerprint density at radius 1 is 1.32 bits per heavy atom. The van der Waals surface area contributed by atoms with Crippen LogP contribution in [0.15, 0.2) is 33.0 Å². The molecule has 3 rings (SSSR count). The second kappa shape index (κ2) is 7.25.